The second-order valence-electron chi connectivity index (χ2n) is 4.92. The molecule has 0 saturated carbocycles. The number of hydrogen-bond acceptors (Lipinski definition) is 11. The highest BCUT2D eigenvalue weighted by Crippen LogP contribution is 2.19. The van der Waals surface area contributed by atoms with Gasteiger partial charge in [0.2, 0.25) is 16.2 Å². The fourth-order valence-corrected chi connectivity index (χ4v) is 3.40. The van der Waals surface area contributed by atoms with Crippen molar-refractivity contribution in [3.8, 4) is 0 Å². The van der Waals surface area contributed by atoms with Gasteiger partial charge < -0.3 is 16.4 Å². The van der Waals surface area contributed by atoms with E-state index in [0.29, 0.717) is 5.13 Å². The Balaban J connectivity index is 1.70. The van der Waals surface area contributed by atoms with Crippen molar-refractivity contribution in [2.45, 2.75) is 32.1 Å². The van der Waals surface area contributed by atoms with Gasteiger partial charge in [-0.25, -0.2) is 11.4 Å². The SMILES string of the molecule is CNc1nnc(CCCCc2nnc(NC(=O)C/C(N)=N/NN)s2)s1. The van der Waals surface area contributed by atoms with Crippen LogP contribution in [0.15, 0.2) is 5.10 Å². The van der Waals surface area contributed by atoms with Crippen molar-refractivity contribution < 1.29 is 4.79 Å². The lowest BCUT2D eigenvalue weighted by Crippen LogP contribution is -2.26. The van der Waals surface area contributed by atoms with Gasteiger partial charge in [0.05, 0.1) is 6.42 Å². The summed E-state index contributed by atoms with van der Waals surface area (Å²) in [5.41, 5.74) is 7.52. The van der Waals surface area contributed by atoms with Crippen LogP contribution in [0.3, 0.4) is 0 Å². The predicted octanol–water partition coefficient (Wildman–Crippen LogP) is 0.0608. The molecule has 13 heteroatoms. The zero-order valence-electron chi connectivity index (χ0n) is 13.7. The van der Waals surface area contributed by atoms with Gasteiger partial charge >= 0.3 is 0 Å². The second-order valence-corrected chi connectivity index (χ2v) is 7.04. The molecule has 136 valence electrons. The van der Waals surface area contributed by atoms with Crippen molar-refractivity contribution >= 4 is 44.7 Å². The molecule has 0 unspecified atom stereocenters. The fraction of sp³-hybridized carbons (Fsp3) is 0.500. The summed E-state index contributed by atoms with van der Waals surface area (Å²) >= 11 is 2.91. The molecule has 0 radical (unpaired) electrons. The maximum absolute atomic E-state index is 11.7. The molecule has 25 heavy (non-hydrogen) atoms. The largest absolute Gasteiger partial charge is 0.385 e. The quantitative estimate of drug-likeness (QED) is 0.125. The number of hydrazine groups is 1. The number of amides is 1. The number of anilines is 2. The van der Waals surface area contributed by atoms with E-state index in [4.69, 9.17) is 11.6 Å². The number of unbranched alkanes of at least 4 members (excludes halogenated alkanes) is 1. The van der Waals surface area contributed by atoms with Crippen LogP contribution in [0.5, 0.6) is 0 Å². The average Bonchev–Trinajstić information content (AvgIpc) is 3.20. The smallest absolute Gasteiger partial charge is 0.233 e. The van der Waals surface area contributed by atoms with Crippen LogP contribution in [0.4, 0.5) is 10.3 Å². The summed E-state index contributed by atoms with van der Waals surface area (Å²) in [4.78, 5) is 11.7. The van der Waals surface area contributed by atoms with Gasteiger partial charge in [-0.2, -0.15) is 5.10 Å². The third-order valence-electron chi connectivity index (χ3n) is 2.98. The maximum atomic E-state index is 11.7. The Kier molecular flexibility index (Phi) is 7.43. The van der Waals surface area contributed by atoms with Gasteiger partial charge in [-0.15, -0.1) is 20.4 Å². The van der Waals surface area contributed by atoms with Crippen LogP contribution in [0.1, 0.15) is 29.3 Å². The van der Waals surface area contributed by atoms with Crippen LogP contribution >= 0.6 is 22.7 Å². The van der Waals surface area contributed by atoms with Gasteiger partial charge in [-0.05, 0) is 12.8 Å². The van der Waals surface area contributed by atoms with E-state index in [0.717, 1.165) is 40.8 Å². The highest BCUT2D eigenvalue weighted by Gasteiger charge is 2.10. The lowest BCUT2D eigenvalue weighted by Gasteiger charge is -2.00. The molecule has 2 aromatic heterocycles. The third-order valence-corrected chi connectivity index (χ3v) is 4.87. The highest BCUT2D eigenvalue weighted by atomic mass is 32.1. The van der Waals surface area contributed by atoms with Gasteiger partial charge in [-0.3, -0.25) is 4.79 Å². The summed E-state index contributed by atoms with van der Waals surface area (Å²) in [7, 11) is 1.83. The number of rotatable bonds is 10. The van der Waals surface area contributed by atoms with E-state index in [2.05, 4.69) is 36.1 Å². The average molecular weight is 384 g/mol. The Morgan fingerprint density at radius 2 is 1.68 bits per heavy atom. The normalized spacial score (nSPS) is 11.4. The van der Waals surface area contributed by atoms with Crippen molar-refractivity contribution in [2.75, 3.05) is 17.7 Å². The molecular weight excluding hydrogens is 364 g/mol. The lowest BCUT2D eigenvalue weighted by atomic mass is 10.2. The molecule has 11 nitrogen and oxygen atoms in total. The number of hydrazone groups is 1. The minimum Gasteiger partial charge on any atom is -0.385 e. The van der Waals surface area contributed by atoms with Crippen molar-refractivity contribution in [2.24, 2.45) is 16.7 Å². The van der Waals surface area contributed by atoms with Gasteiger partial charge in [0, 0.05) is 19.9 Å². The van der Waals surface area contributed by atoms with Crippen molar-refractivity contribution in [3.63, 3.8) is 0 Å². The maximum Gasteiger partial charge on any atom is 0.233 e. The lowest BCUT2D eigenvalue weighted by molar-refractivity contribution is -0.115. The molecular formula is C12H20N10OS2. The Morgan fingerprint density at radius 3 is 2.24 bits per heavy atom. The molecule has 0 saturated heterocycles. The summed E-state index contributed by atoms with van der Waals surface area (Å²) in [6, 6.07) is 0. The summed E-state index contributed by atoms with van der Waals surface area (Å²) in [6.45, 7) is 0. The molecule has 2 aromatic rings. The molecule has 0 aliphatic rings. The fourth-order valence-electron chi connectivity index (χ4n) is 1.86. The molecule has 2 rings (SSSR count). The molecule has 0 aromatic carbocycles. The molecule has 2 heterocycles. The highest BCUT2D eigenvalue weighted by molar-refractivity contribution is 7.15. The monoisotopic (exact) mass is 384 g/mol. The van der Waals surface area contributed by atoms with E-state index in [-0.39, 0.29) is 18.2 Å². The second kappa shape index (κ2) is 9.80. The topological polar surface area (TPSA) is 169 Å². The molecule has 0 aliphatic heterocycles. The number of carbonyl (C=O) groups is 1. The Morgan fingerprint density at radius 1 is 1.08 bits per heavy atom. The van der Waals surface area contributed by atoms with Crippen molar-refractivity contribution in [1.29, 1.82) is 0 Å². The minimum absolute atomic E-state index is 0.0738. The first-order valence-electron chi connectivity index (χ1n) is 7.50. The number of nitrogens with zero attached hydrogens (tertiary/aromatic N) is 5. The summed E-state index contributed by atoms with van der Waals surface area (Å²) in [5, 5.41) is 28.4. The summed E-state index contributed by atoms with van der Waals surface area (Å²) < 4.78 is 0. The Bertz CT molecular complexity index is 712. The number of nitrogens with one attached hydrogen (secondary N) is 3. The molecule has 7 N–H and O–H groups in total. The first-order chi connectivity index (χ1) is 12.1. The van der Waals surface area contributed by atoms with E-state index >= 15 is 0 Å². The minimum atomic E-state index is -0.323. The van der Waals surface area contributed by atoms with Gasteiger partial charge in [0.15, 0.2) is 0 Å². The third kappa shape index (κ3) is 6.56. The predicted molar refractivity (Wildman–Crippen MR) is 98.2 cm³/mol. The molecule has 0 bridgehead atoms. The number of nitrogens with two attached hydrogens (primary N) is 2. The number of hydrogen-bond donors (Lipinski definition) is 5. The van der Waals surface area contributed by atoms with Gasteiger partial charge in [0.1, 0.15) is 15.9 Å². The molecule has 0 atom stereocenters. The first-order valence-corrected chi connectivity index (χ1v) is 9.14. The Labute approximate surface area is 152 Å². The molecule has 0 aliphatic carbocycles. The number of amidine groups is 1. The Hall–Kier alpha value is -2.38. The van der Waals surface area contributed by atoms with Gasteiger partial charge in [0.25, 0.3) is 0 Å². The van der Waals surface area contributed by atoms with Crippen LogP contribution < -0.4 is 27.7 Å². The zero-order valence-corrected chi connectivity index (χ0v) is 15.3. The van der Waals surface area contributed by atoms with Crippen LogP contribution in [0, 0.1) is 0 Å². The van der Waals surface area contributed by atoms with E-state index < -0.39 is 0 Å². The molecule has 0 fully saturated rings. The first kappa shape index (κ1) is 19.0. The summed E-state index contributed by atoms with van der Waals surface area (Å²) in [6.07, 6.45) is 3.55. The van der Waals surface area contributed by atoms with Crippen LogP contribution in [0.25, 0.3) is 0 Å². The summed E-state index contributed by atoms with van der Waals surface area (Å²) in [5.74, 6) is 4.75. The van der Waals surface area contributed by atoms with E-state index in [9.17, 15) is 4.79 Å². The number of carbonyl (C=O) groups excluding carboxylic acids is 1. The number of aromatic nitrogens is 4. The van der Waals surface area contributed by atoms with E-state index in [1.54, 1.807) is 11.3 Å². The molecule has 1 amide bonds. The van der Waals surface area contributed by atoms with Crippen LogP contribution in [0.2, 0.25) is 0 Å². The van der Waals surface area contributed by atoms with Crippen molar-refractivity contribution in [1.82, 2.24) is 25.9 Å². The zero-order chi connectivity index (χ0) is 18.1. The number of aryl methyl sites for hydroxylation is 2. The van der Waals surface area contributed by atoms with Gasteiger partial charge in [-0.1, -0.05) is 22.7 Å². The van der Waals surface area contributed by atoms with E-state index in [1.807, 2.05) is 12.6 Å². The van der Waals surface area contributed by atoms with Crippen molar-refractivity contribution in [3.05, 3.63) is 10.0 Å². The van der Waals surface area contributed by atoms with Crippen LogP contribution in [-0.4, -0.2) is 39.2 Å². The molecule has 0 spiro atoms. The van der Waals surface area contributed by atoms with Crippen LogP contribution in [-0.2, 0) is 17.6 Å². The van der Waals surface area contributed by atoms with E-state index in [1.165, 1.54) is 11.3 Å². The standard InChI is InChI=1S/C12H20N10OS2/c1-15-11-20-18-9(24-11)4-2-3-5-10-19-21-12(25-10)16-8(23)6-7(13)17-22-14/h22H,2-6,14H2,1H3,(H2,13,17)(H,15,20)(H,16,21,23).